The number of nitrogens with two attached hydrogens (primary N) is 1. The van der Waals surface area contributed by atoms with Gasteiger partial charge in [0.15, 0.2) is 0 Å². The Bertz CT molecular complexity index is 556. The topological polar surface area (TPSA) is 54.7 Å². The third-order valence-corrected chi connectivity index (χ3v) is 4.37. The summed E-state index contributed by atoms with van der Waals surface area (Å²) in [6.45, 7) is 2.18. The lowest BCUT2D eigenvalue weighted by atomic mass is 9.86. The van der Waals surface area contributed by atoms with Gasteiger partial charge in [-0.15, -0.1) is 0 Å². The Kier molecular flexibility index (Phi) is 3.88. The second-order valence-corrected chi connectivity index (χ2v) is 5.86. The highest BCUT2D eigenvalue weighted by atomic mass is 14.9. The lowest BCUT2D eigenvalue weighted by molar-refractivity contribution is 0.383. The van der Waals surface area contributed by atoms with Crippen LogP contribution in [0.25, 0.3) is 11.3 Å². The molecule has 1 aliphatic carbocycles. The zero-order chi connectivity index (χ0) is 13.9. The van der Waals surface area contributed by atoms with E-state index in [1.807, 2.05) is 6.20 Å². The van der Waals surface area contributed by atoms with E-state index in [1.54, 1.807) is 0 Å². The van der Waals surface area contributed by atoms with Gasteiger partial charge < -0.3 is 10.7 Å². The van der Waals surface area contributed by atoms with E-state index in [-0.39, 0.29) is 0 Å². The summed E-state index contributed by atoms with van der Waals surface area (Å²) in [5.41, 5.74) is 9.76. The van der Waals surface area contributed by atoms with Gasteiger partial charge in [-0.2, -0.15) is 0 Å². The predicted octanol–water partition coefficient (Wildman–Crippen LogP) is 3.62. The lowest BCUT2D eigenvalue weighted by Gasteiger charge is -2.24. The van der Waals surface area contributed by atoms with Crippen LogP contribution in [0.1, 0.15) is 49.9 Å². The van der Waals surface area contributed by atoms with Gasteiger partial charge in [0.25, 0.3) is 0 Å². The van der Waals surface area contributed by atoms with Gasteiger partial charge in [-0.05, 0) is 36.8 Å². The van der Waals surface area contributed by atoms with Crippen molar-refractivity contribution >= 4 is 0 Å². The van der Waals surface area contributed by atoms with Crippen molar-refractivity contribution in [3.05, 3.63) is 41.9 Å². The van der Waals surface area contributed by atoms with Gasteiger partial charge in [-0.1, -0.05) is 37.6 Å². The van der Waals surface area contributed by atoms with Crippen LogP contribution in [-0.2, 0) is 6.42 Å². The maximum atomic E-state index is 6.07. The largest absolute Gasteiger partial charge is 0.342 e. The van der Waals surface area contributed by atoms with E-state index in [1.165, 1.54) is 24.0 Å². The number of aromatic nitrogens is 2. The third kappa shape index (κ3) is 2.78. The monoisotopic (exact) mass is 269 g/mol. The summed E-state index contributed by atoms with van der Waals surface area (Å²) in [7, 11) is 0. The van der Waals surface area contributed by atoms with Crippen LogP contribution in [-0.4, -0.2) is 16.0 Å². The SMILES string of the molecule is CCc1ccc(-c2cnc(C3CCCC(N)C3)[nH]2)cc1. The van der Waals surface area contributed by atoms with Crippen molar-refractivity contribution in [3.8, 4) is 11.3 Å². The van der Waals surface area contributed by atoms with Crippen LogP contribution in [0.2, 0.25) is 0 Å². The fraction of sp³-hybridized carbons (Fsp3) is 0.471. The molecular weight excluding hydrogens is 246 g/mol. The smallest absolute Gasteiger partial charge is 0.109 e. The molecule has 3 heteroatoms. The molecule has 1 heterocycles. The van der Waals surface area contributed by atoms with Crippen molar-refractivity contribution in [2.24, 2.45) is 5.73 Å². The lowest BCUT2D eigenvalue weighted by Crippen LogP contribution is -2.27. The Balaban J connectivity index is 1.78. The third-order valence-electron chi connectivity index (χ3n) is 4.37. The van der Waals surface area contributed by atoms with Crippen molar-refractivity contribution in [3.63, 3.8) is 0 Å². The number of rotatable bonds is 3. The second kappa shape index (κ2) is 5.80. The molecule has 1 saturated carbocycles. The molecule has 1 aromatic carbocycles. The maximum absolute atomic E-state index is 6.07. The van der Waals surface area contributed by atoms with Crippen LogP contribution in [0.4, 0.5) is 0 Å². The van der Waals surface area contributed by atoms with Crippen molar-refractivity contribution in [1.82, 2.24) is 9.97 Å². The second-order valence-electron chi connectivity index (χ2n) is 5.86. The predicted molar refractivity (Wildman–Crippen MR) is 82.6 cm³/mol. The van der Waals surface area contributed by atoms with Gasteiger partial charge in [0.1, 0.15) is 5.82 Å². The normalized spacial score (nSPS) is 22.9. The highest BCUT2D eigenvalue weighted by Gasteiger charge is 2.23. The minimum absolute atomic E-state index is 0.339. The summed E-state index contributed by atoms with van der Waals surface area (Å²) < 4.78 is 0. The van der Waals surface area contributed by atoms with Crippen LogP contribution >= 0.6 is 0 Å². The quantitative estimate of drug-likeness (QED) is 0.894. The highest BCUT2D eigenvalue weighted by Crippen LogP contribution is 2.31. The molecule has 0 spiro atoms. The van der Waals surface area contributed by atoms with Crippen LogP contribution < -0.4 is 5.73 Å². The Hall–Kier alpha value is -1.61. The number of aryl methyl sites for hydroxylation is 1. The Morgan fingerprint density at radius 1 is 1.25 bits per heavy atom. The summed E-state index contributed by atoms with van der Waals surface area (Å²) in [5, 5.41) is 0. The van der Waals surface area contributed by atoms with Gasteiger partial charge in [0, 0.05) is 12.0 Å². The molecule has 106 valence electrons. The molecule has 2 unspecified atom stereocenters. The number of H-pyrrole nitrogens is 1. The average molecular weight is 269 g/mol. The van der Waals surface area contributed by atoms with E-state index in [9.17, 15) is 0 Å². The van der Waals surface area contributed by atoms with Gasteiger partial charge in [-0.25, -0.2) is 4.98 Å². The van der Waals surface area contributed by atoms with E-state index < -0.39 is 0 Å². The van der Waals surface area contributed by atoms with Crippen LogP contribution in [0.5, 0.6) is 0 Å². The zero-order valence-electron chi connectivity index (χ0n) is 12.1. The van der Waals surface area contributed by atoms with E-state index in [0.29, 0.717) is 12.0 Å². The van der Waals surface area contributed by atoms with Gasteiger partial charge >= 0.3 is 0 Å². The molecular formula is C17H23N3. The van der Waals surface area contributed by atoms with Crippen molar-refractivity contribution in [2.75, 3.05) is 0 Å². The van der Waals surface area contributed by atoms with Crippen molar-refractivity contribution < 1.29 is 0 Å². The van der Waals surface area contributed by atoms with E-state index in [2.05, 4.69) is 41.2 Å². The first-order valence-electron chi connectivity index (χ1n) is 7.66. The van der Waals surface area contributed by atoms with Crippen molar-refractivity contribution in [2.45, 2.75) is 51.0 Å². The zero-order valence-corrected chi connectivity index (χ0v) is 12.1. The Morgan fingerprint density at radius 3 is 2.75 bits per heavy atom. The molecule has 0 bridgehead atoms. The fourth-order valence-corrected chi connectivity index (χ4v) is 3.09. The molecule has 0 saturated heterocycles. The highest BCUT2D eigenvalue weighted by molar-refractivity contribution is 5.58. The average Bonchev–Trinajstić information content (AvgIpc) is 2.97. The van der Waals surface area contributed by atoms with Crippen molar-refractivity contribution in [1.29, 1.82) is 0 Å². The summed E-state index contributed by atoms with van der Waals surface area (Å²) >= 11 is 0. The first-order valence-corrected chi connectivity index (χ1v) is 7.66. The number of hydrogen-bond acceptors (Lipinski definition) is 2. The van der Waals surface area contributed by atoms with Crippen LogP contribution in [0.3, 0.4) is 0 Å². The summed E-state index contributed by atoms with van der Waals surface area (Å²) in [5.74, 6) is 1.61. The minimum Gasteiger partial charge on any atom is -0.342 e. The molecule has 0 radical (unpaired) electrons. The Morgan fingerprint density at radius 2 is 2.05 bits per heavy atom. The van der Waals surface area contributed by atoms with E-state index in [4.69, 9.17) is 5.73 Å². The summed E-state index contributed by atoms with van der Waals surface area (Å²) in [6.07, 6.45) is 7.66. The first kappa shape index (κ1) is 13.4. The van der Waals surface area contributed by atoms with E-state index >= 15 is 0 Å². The summed E-state index contributed by atoms with van der Waals surface area (Å²) in [6, 6.07) is 9.05. The number of imidazole rings is 1. The van der Waals surface area contributed by atoms with Gasteiger partial charge in [0.2, 0.25) is 0 Å². The number of nitrogens with zero attached hydrogens (tertiary/aromatic N) is 1. The molecule has 3 N–H and O–H groups in total. The molecule has 3 rings (SSSR count). The minimum atomic E-state index is 0.339. The molecule has 20 heavy (non-hydrogen) atoms. The number of aromatic amines is 1. The van der Waals surface area contributed by atoms with Gasteiger partial charge in [-0.3, -0.25) is 0 Å². The molecule has 0 aliphatic heterocycles. The summed E-state index contributed by atoms with van der Waals surface area (Å²) in [4.78, 5) is 8.07. The molecule has 1 aliphatic rings. The fourth-order valence-electron chi connectivity index (χ4n) is 3.09. The first-order chi connectivity index (χ1) is 9.76. The molecule has 1 aromatic heterocycles. The van der Waals surface area contributed by atoms with E-state index in [0.717, 1.165) is 30.8 Å². The maximum Gasteiger partial charge on any atom is 0.109 e. The molecule has 0 amide bonds. The number of nitrogens with one attached hydrogen (secondary N) is 1. The van der Waals surface area contributed by atoms with Crippen LogP contribution in [0, 0.1) is 0 Å². The standard InChI is InChI=1S/C17H23N3/c1-2-12-6-8-13(9-7-12)16-11-19-17(20-16)14-4-3-5-15(18)10-14/h6-9,11,14-15H,2-5,10,18H2,1H3,(H,19,20). The molecule has 2 aromatic rings. The van der Waals surface area contributed by atoms with Gasteiger partial charge in [0.05, 0.1) is 11.9 Å². The molecule has 1 fully saturated rings. The van der Waals surface area contributed by atoms with Crippen LogP contribution in [0.15, 0.2) is 30.5 Å². The number of hydrogen-bond donors (Lipinski definition) is 2. The molecule has 3 nitrogen and oxygen atoms in total. The number of benzene rings is 1. The molecule has 2 atom stereocenters. The Labute approximate surface area is 120 Å².